The second kappa shape index (κ2) is 8.45. The zero-order valence-corrected chi connectivity index (χ0v) is 16.1. The number of halogens is 3. The van der Waals surface area contributed by atoms with Gasteiger partial charge in [-0.3, -0.25) is 9.59 Å². The van der Waals surface area contributed by atoms with Gasteiger partial charge in [-0.25, -0.2) is 13.8 Å². The Bertz CT molecular complexity index is 1040. The van der Waals surface area contributed by atoms with Gasteiger partial charge >= 0.3 is 0 Å². The molecule has 0 aliphatic carbocycles. The van der Waals surface area contributed by atoms with Crippen molar-refractivity contribution in [2.24, 2.45) is 0 Å². The fourth-order valence-electron chi connectivity index (χ4n) is 2.48. The molecule has 0 fully saturated rings. The van der Waals surface area contributed by atoms with Gasteiger partial charge in [-0.15, -0.1) is 11.3 Å². The first-order valence-corrected chi connectivity index (χ1v) is 9.28. The molecule has 144 valence electrons. The molecule has 1 unspecified atom stereocenters. The van der Waals surface area contributed by atoms with Crippen LogP contribution >= 0.6 is 22.9 Å². The Morgan fingerprint density at radius 2 is 1.89 bits per heavy atom. The van der Waals surface area contributed by atoms with E-state index in [1.54, 1.807) is 24.3 Å². The third-order valence-electron chi connectivity index (χ3n) is 3.89. The van der Waals surface area contributed by atoms with Crippen LogP contribution in [0.1, 0.15) is 21.3 Å². The highest BCUT2D eigenvalue weighted by molar-refractivity contribution is 7.17. The van der Waals surface area contributed by atoms with Crippen LogP contribution in [0, 0.1) is 11.6 Å². The summed E-state index contributed by atoms with van der Waals surface area (Å²) in [6.07, 6.45) is 1.37. The fraction of sp³-hybridized carbons (Fsp3) is 0.105. The molecule has 0 saturated heterocycles. The lowest BCUT2D eigenvalue weighted by Gasteiger charge is -2.17. The van der Waals surface area contributed by atoms with Gasteiger partial charge in [0.05, 0.1) is 11.2 Å². The number of carbonyl (C=O) groups excluding carboxylic acids is 2. The molecule has 1 aromatic heterocycles. The molecular formula is C19H14ClF2N3O2S. The lowest BCUT2D eigenvalue weighted by Crippen LogP contribution is -2.38. The predicted molar refractivity (Wildman–Crippen MR) is 103 cm³/mol. The third-order valence-corrected chi connectivity index (χ3v) is 5.25. The van der Waals surface area contributed by atoms with Crippen molar-refractivity contribution in [3.8, 4) is 10.6 Å². The van der Waals surface area contributed by atoms with Gasteiger partial charge in [0.25, 0.3) is 5.91 Å². The number of aromatic nitrogens is 1. The summed E-state index contributed by atoms with van der Waals surface area (Å²) in [5.74, 6) is -3.30. The molecule has 1 heterocycles. The quantitative estimate of drug-likeness (QED) is 0.655. The minimum Gasteiger partial charge on any atom is -0.357 e. The maximum absolute atomic E-state index is 13.6. The summed E-state index contributed by atoms with van der Waals surface area (Å²) < 4.78 is 26.7. The van der Waals surface area contributed by atoms with Crippen molar-refractivity contribution >= 4 is 34.8 Å². The summed E-state index contributed by atoms with van der Waals surface area (Å²) in [4.78, 5) is 29.2. The largest absolute Gasteiger partial charge is 0.357 e. The highest BCUT2D eigenvalue weighted by atomic mass is 35.5. The first-order chi connectivity index (χ1) is 13.4. The van der Waals surface area contributed by atoms with E-state index in [0.29, 0.717) is 15.6 Å². The van der Waals surface area contributed by atoms with Gasteiger partial charge in [0, 0.05) is 12.6 Å². The van der Waals surface area contributed by atoms with Crippen molar-refractivity contribution < 1.29 is 18.4 Å². The molecule has 0 aliphatic rings. The Balaban J connectivity index is 1.86. The van der Waals surface area contributed by atoms with Crippen molar-refractivity contribution in [2.45, 2.75) is 6.04 Å². The predicted octanol–water partition coefficient (Wildman–Crippen LogP) is 3.96. The average molecular weight is 422 g/mol. The molecular weight excluding hydrogens is 408 g/mol. The normalized spacial score (nSPS) is 11.7. The summed E-state index contributed by atoms with van der Waals surface area (Å²) in [6.45, 7) is 0. The molecule has 3 rings (SSSR count). The van der Waals surface area contributed by atoms with E-state index in [1.807, 2.05) is 0 Å². The zero-order valence-electron chi connectivity index (χ0n) is 14.5. The van der Waals surface area contributed by atoms with E-state index in [9.17, 15) is 18.4 Å². The van der Waals surface area contributed by atoms with E-state index in [1.165, 1.54) is 19.3 Å². The fourth-order valence-corrected chi connectivity index (χ4v) is 3.62. The zero-order chi connectivity index (χ0) is 20.3. The smallest absolute Gasteiger partial charge is 0.263 e. The summed E-state index contributed by atoms with van der Waals surface area (Å²) in [5, 5.41) is 5.95. The number of benzene rings is 2. The molecule has 0 saturated carbocycles. The Morgan fingerprint density at radius 3 is 2.57 bits per heavy atom. The van der Waals surface area contributed by atoms with Crippen molar-refractivity contribution in [3.05, 3.63) is 75.8 Å². The Hall–Kier alpha value is -2.84. The first-order valence-electron chi connectivity index (χ1n) is 8.09. The van der Waals surface area contributed by atoms with Crippen LogP contribution in [0.25, 0.3) is 10.6 Å². The van der Waals surface area contributed by atoms with E-state index >= 15 is 0 Å². The molecule has 2 N–H and O–H groups in total. The van der Waals surface area contributed by atoms with Crippen LogP contribution in [-0.4, -0.2) is 23.8 Å². The number of amides is 2. The maximum atomic E-state index is 13.6. The van der Waals surface area contributed by atoms with Crippen molar-refractivity contribution in [2.75, 3.05) is 7.05 Å². The molecule has 0 spiro atoms. The third kappa shape index (κ3) is 4.18. The number of nitrogens with zero attached hydrogens (tertiary/aromatic N) is 1. The summed E-state index contributed by atoms with van der Waals surface area (Å²) in [5.41, 5.74) is 0.791. The number of nitrogens with one attached hydrogen (secondary N) is 2. The molecule has 5 nitrogen and oxygen atoms in total. The number of carbonyl (C=O) groups is 2. The van der Waals surface area contributed by atoms with Crippen molar-refractivity contribution in [1.82, 2.24) is 15.6 Å². The Morgan fingerprint density at radius 1 is 1.14 bits per heavy atom. The first kappa shape index (κ1) is 19.9. The van der Waals surface area contributed by atoms with Crippen molar-refractivity contribution in [3.63, 3.8) is 0 Å². The SMILES string of the molecule is CNC(=O)C(NC(=O)c1cnc(-c2ccccc2Cl)s1)c1ccc(F)c(F)c1. The van der Waals surface area contributed by atoms with Gasteiger partial charge in [-0.2, -0.15) is 0 Å². The average Bonchev–Trinajstić information content (AvgIpc) is 3.18. The van der Waals surface area contributed by atoms with Crippen LogP contribution in [0.4, 0.5) is 8.78 Å². The van der Waals surface area contributed by atoms with E-state index in [2.05, 4.69) is 15.6 Å². The van der Waals surface area contributed by atoms with Gasteiger partial charge in [-0.1, -0.05) is 35.9 Å². The monoisotopic (exact) mass is 421 g/mol. The molecule has 0 bridgehead atoms. The van der Waals surface area contributed by atoms with Crippen LogP contribution in [0.15, 0.2) is 48.7 Å². The van der Waals surface area contributed by atoms with Crippen LogP contribution in [0.3, 0.4) is 0 Å². The second-order valence-electron chi connectivity index (χ2n) is 5.70. The molecule has 2 aromatic carbocycles. The van der Waals surface area contributed by atoms with Gasteiger partial charge < -0.3 is 10.6 Å². The van der Waals surface area contributed by atoms with Crippen LogP contribution in [-0.2, 0) is 4.79 Å². The lowest BCUT2D eigenvalue weighted by molar-refractivity contribution is -0.122. The number of hydrogen-bond acceptors (Lipinski definition) is 4. The molecule has 9 heteroatoms. The number of rotatable bonds is 5. The van der Waals surface area contributed by atoms with Crippen LogP contribution in [0.5, 0.6) is 0 Å². The topological polar surface area (TPSA) is 71.1 Å². The molecule has 1 atom stereocenters. The maximum Gasteiger partial charge on any atom is 0.263 e. The van der Waals surface area contributed by atoms with Crippen LogP contribution < -0.4 is 10.6 Å². The lowest BCUT2D eigenvalue weighted by atomic mass is 10.1. The van der Waals surface area contributed by atoms with Crippen LogP contribution in [0.2, 0.25) is 5.02 Å². The van der Waals surface area contributed by atoms with Gasteiger partial charge in [0.1, 0.15) is 15.9 Å². The Labute approximate surface area is 168 Å². The molecule has 3 aromatic rings. The number of likely N-dealkylation sites (N-methyl/N-ethyl adjacent to an activating group) is 1. The molecule has 0 radical (unpaired) electrons. The number of thiazole rings is 1. The molecule has 2 amide bonds. The molecule has 28 heavy (non-hydrogen) atoms. The standard InChI is InChI=1S/C19H14ClF2N3O2S/c1-23-18(27)16(10-6-7-13(21)14(22)8-10)25-17(26)15-9-24-19(28-15)11-4-2-3-5-12(11)20/h2-9,16H,1H3,(H,23,27)(H,25,26). The van der Waals surface area contributed by atoms with Crippen molar-refractivity contribution in [1.29, 1.82) is 0 Å². The highest BCUT2D eigenvalue weighted by Crippen LogP contribution is 2.31. The summed E-state index contributed by atoms with van der Waals surface area (Å²) in [6, 6.07) is 8.88. The van der Waals surface area contributed by atoms with E-state index in [4.69, 9.17) is 11.6 Å². The molecule has 0 aliphatic heterocycles. The summed E-state index contributed by atoms with van der Waals surface area (Å²) >= 11 is 7.24. The van der Waals surface area contributed by atoms with E-state index in [-0.39, 0.29) is 10.4 Å². The van der Waals surface area contributed by atoms with E-state index in [0.717, 1.165) is 23.5 Å². The minimum absolute atomic E-state index is 0.113. The minimum atomic E-state index is -1.20. The Kier molecular flexibility index (Phi) is 6.01. The highest BCUT2D eigenvalue weighted by Gasteiger charge is 2.25. The second-order valence-corrected chi connectivity index (χ2v) is 7.14. The summed E-state index contributed by atoms with van der Waals surface area (Å²) in [7, 11) is 1.38. The van der Waals surface area contributed by atoms with Gasteiger partial charge in [0.15, 0.2) is 11.6 Å². The van der Waals surface area contributed by atoms with Gasteiger partial charge in [0.2, 0.25) is 5.91 Å². The van der Waals surface area contributed by atoms with Gasteiger partial charge in [-0.05, 0) is 23.8 Å². The van der Waals surface area contributed by atoms with E-state index < -0.39 is 29.5 Å². The number of hydrogen-bond donors (Lipinski definition) is 2.